The number of hydrogen-bond acceptors (Lipinski definition) is 4. The van der Waals surface area contributed by atoms with E-state index in [4.69, 9.17) is 9.47 Å². The SMILES string of the molecule is COCCNCC(=O)Nc1ccc(OC)c(Br)c1. The van der Waals surface area contributed by atoms with Crippen LogP contribution in [0.2, 0.25) is 0 Å². The summed E-state index contributed by atoms with van der Waals surface area (Å²) in [6.45, 7) is 1.49. The average molecular weight is 317 g/mol. The Balaban J connectivity index is 2.42. The molecule has 0 aliphatic heterocycles. The summed E-state index contributed by atoms with van der Waals surface area (Å²) in [6, 6.07) is 5.38. The zero-order chi connectivity index (χ0) is 13.4. The zero-order valence-electron chi connectivity index (χ0n) is 10.5. The van der Waals surface area contributed by atoms with Crippen molar-refractivity contribution in [2.75, 3.05) is 39.2 Å². The van der Waals surface area contributed by atoms with Crippen molar-refractivity contribution < 1.29 is 14.3 Å². The largest absolute Gasteiger partial charge is 0.496 e. The van der Waals surface area contributed by atoms with Gasteiger partial charge < -0.3 is 20.1 Å². The zero-order valence-corrected chi connectivity index (χ0v) is 12.0. The number of carbonyl (C=O) groups excluding carboxylic acids is 1. The van der Waals surface area contributed by atoms with E-state index in [-0.39, 0.29) is 12.5 Å². The Morgan fingerprint density at radius 2 is 2.17 bits per heavy atom. The van der Waals surface area contributed by atoms with Gasteiger partial charge in [-0.15, -0.1) is 0 Å². The number of halogens is 1. The number of amides is 1. The van der Waals surface area contributed by atoms with E-state index in [2.05, 4.69) is 26.6 Å². The first-order valence-electron chi connectivity index (χ1n) is 5.50. The molecule has 0 radical (unpaired) electrons. The molecule has 0 fully saturated rings. The van der Waals surface area contributed by atoms with Gasteiger partial charge in [0.25, 0.3) is 0 Å². The molecule has 0 bridgehead atoms. The number of rotatable bonds is 7. The number of nitrogens with one attached hydrogen (secondary N) is 2. The molecule has 0 saturated heterocycles. The molecule has 1 aromatic carbocycles. The molecule has 18 heavy (non-hydrogen) atoms. The third kappa shape index (κ3) is 5.03. The molecule has 0 aromatic heterocycles. The first-order chi connectivity index (χ1) is 8.67. The highest BCUT2D eigenvalue weighted by Gasteiger charge is 2.04. The van der Waals surface area contributed by atoms with Gasteiger partial charge in [-0.1, -0.05) is 0 Å². The van der Waals surface area contributed by atoms with Crippen LogP contribution >= 0.6 is 15.9 Å². The van der Waals surface area contributed by atoms with Crippen molar-refractivity contribution in [3.05, 3.63) is 22.7 Å². The highest BCUT2D eigenvalue weighted by Crippen LogP contribution is 2.27. The van der Waals surface area contributed by atoms with Crippen LogP contribution in [0.4, 0.5) is 5.69 Å². The molecule has 0 unspecified atom stereocenters. The Labute approximate surface area is 115 Å². The van der Waals surface area contributed by atoms with E-state index >= 15 is 0 Å². The fourth-order valence-corrected chi connectivity index (χ4v) is 1.87. The summed E-state index contributed by atoms with van der Waals surface area (Å²) >= 11 is 3.36. The van der Waals surface area contributed by atoms with E-state index in [1.165, 1.54) is 0 Å². The highest BCUT2D eigenvalue weighted by molar-refractivity contribution is 9.10. The lowest BCUT2D eigenvalue weighted by molar-refractivity contribution is -0.115. The van der Waals surface area contributed by atoms with Crippen molar-refractivity contribution >= 4 is 27.5 Å². The molecular weight excluding hydrogens is 300 g/mol. The molecule has 6 heteroatoms. The molecule has 0 atom stereocenters. The van der Waals surface area contributed by atoms with E-state index in [1.807, 2.05) is 0 Å². The van der Waals surface area contributed by atoms with Crippen LogP contribution in [0.25, 0.3) is 0 Å². The lowest BCUT2D eigenvalue weighted by atomic mass is 10.3. The van der Waals surface area contributed by atoms with Gasteiger partial charge in [-0.05, 0) is 34.1 Å². The van der Waals surface area contributed by atoms with Crippen molar-refractivity contribution in [3.8, 4) is 5.75 Å². The molecule has 0 aliphatic carbocycles. The van der Waals surface area contributed by atoms with Crippen LogP contribution in [0.5, 0.6) is 5.75 Å². The van der Waals surface area contributed by atoms with Crippen molar-refractivity contribution in [3.63, 3.8) is 0 Å². The number of ether oxygens (including phenoxy) is 2. The fourth-order valence-electron chi connectivity index (χ4n) is 1.33. The summed E-state index contributed by atoms with van der Waals surface area (Å²) < 4.78 is 10.8. The summed E-state index contributed by atoms with van der Waals surface area (Å²) in [4.78, 5) is 11.6. The van der Waals surface area contributed by atoms with Gasteiger partial charge in [0.05, 0.1) is 24.7 Å². The molecule has 1 amide bonds. The monoisotopic (exact) mass is 316 g/mol. The quantitative estimate of drug-likeness (QED) is 0.751. The topological polar surface area (TPSA) is 59.6 Å². The van der Waals surface area contributed by atoms with E-state index in [0.29, 0.717) is 13.2 Å². The third-order valence-electron chi connectivity index (χ3n) is 2.20. The van der Waals surface area contributed by atoms with E-state index in [1.54, 1.807) is 32.4 Å². The molecule has 1 rings (SSSR count). The van der Waals surface area contributed by atoms with Crippen molar-refractivity contribution in [2.24, 2.45) is 0 Å². The predicted octanol–water partition coefficient (Wildman–Crippen LogP) is 1.63. The van der Waals surface area contributed by atoms with Crippen molar-refractivity contribution in [1.29, 1.82) is 0 Å². The summed E-state index contributed by atoms with van der Waals surface area (Å²) in [5, 5.41) is 5.75. The lowest BCUT2D eigenvalue weighted by Gasteiger charge is -2.08. The van der Waals surface area contributed by atoms with E-state index < -0.39 is 0 Å². The molecule has 0 saturated carbocycles. The Kier molecular flexibility index (Phi) is 6.70. The molecule has 1 aromatic rings. The van der Waals surface area contributed by atoms with Crippen molar-refractivity contribution in [2.45, 2.75) is 0 Å². The first-order valence-corrected chi connectivity index (χ1v) is 6.29. The second-order valence-corrected chi connectivity index (χ2v) is 4.42. The molecule has 2 N–H and O–H groups in total. The Bertz CT molecular complexity index is 399. The van der Waals surface area contributed by atoms with Gasteiger partial charge in [0.15, 0.2) is 0 Å². The number of anilines is 1. The van der Waals surface area contributed by atoms with Crippen LogP contribution in [-0.4, -0.2) is 39.8 Å². The van der Waals surface area contributed by atoms with Gasteiger partial charge >= 0.3 is 0 Å². The number of benzene rings is 1. The van der Waals surface area contributed by atoms with Gasteiger partial charge in [-0.25, -0.2) is 0 Å². The Hall–Kier alpha value is -1.11. The maximum Gasteiger partial charge on any atom is 0.238 e. The van der Waals surface area contributed by atoms with Crippen LogP contribution in [0.3, 0.4) is 0 Å². The average Bonchev–Trinajstić information content (AvgIpc) is 2.35. The van der Waals surface area contributed by atoms with Crippen molar-refractivity contribution in [1.82, 2.24) is 5.32 Å². The standard InChI is InChI=1S/C12H17BrN2O3/c1-17-6-5-14-8-12(16)15-9-3-4-11(18-2)10(13)7-9/h3-4,7,14H,5-6,8H2,1-2H3,(H,15,16). The fraction of sp³-hybridized carbons (Fsp3) is 0.417. The Morgan fingerprint density at radius 1 is 1.39 bits per heavy atom. The van der Waals surface area contributed by atoms with Gasteiger partial charge in [-0.3, -0.25) is 4.79 Å². The molecular formula is C12H17BrN2O3. The minimum absolute atomic E-state index is 0.0943. The van der Waals surface area contributed by atoms with Gasteiger partial charge in [-0.2, -0.15) is 0 Å². The summed E-state index contributed by atoms with van der Waals surface area (Å²) in [5.41, 5.74) is 0.723. The molecule has 100 valence electrons. The molecule has 0 heterocycles. The van der Waals surface area contributed by atoms with Crippen LogP contribution in [0, 0.1) is 0 Å². The van der Waals surface area contributed by atoms with Crippen LogP contribution < -0.4 is 15.4 Å². The third-order valence-corrected chi connectivity index (χ3v) is 2.82. The minimum atomic E-state index is -0.0943. The minimum Gasteiger partial charge on any atom is -0.496 e. The van der Waals surface area contributed by atoms with Crippen LogP contribution in [-0.2, 0) is 9.53 Å². The molecule has 0 aliphatic rings. The number of hydrogen-bond donors (Lipinski definition) is 2. The van der Waals surface area contributed by atoms with Gasteiger partial charge in [0, 0.05) is 19.3 Å². The predicted molar refractivity (Wildman–Crippen MR) is 74.1 cm³/mol. The summed E-state index contributed by atoms with van der Waals surface area (Å²) in [7, 11) is 3.22. The number of carbonyl (C=O) groups is 1. The van der Waals surface area contributed by atoms with Crippen LogP contribution in [0.15, 0.2) is 22.7 Å². The first kappa shape index (κ1) is 14.9. The molecule has 0 spiro atoms. The van der Waals surface area contributed by atoms with E-state index in [9.17, 15) is 4.79 Å². The number of methoxy groups -OCH3 is 2. The van der Waals surface area contributed by atoms with Gasteiger partial charge in [0.1, 0.15) is 5.75 Å². The lowest BCUT2D eigenvalue weighted by Crippen LogP contribution is -2.30. The Morgan fingerprint density at radius 3 is 2.78 bits per heavy atom. The summed E-state index contributed by atoms with van der Waals surface area (Å²) in [6.07, 6.45) is 0. The van der Waals surface area contributed by atoms with Crippen LogP contribution in [0.1, 0.15) is 0 Å². The maximum atomic E-state index is 11.6. The smallest absolute Gasteiger partial charge is 0.238 e. The molecule has 5 nitrogen and oxygen atoms in total. The second-order valence-electron chi connectivity index (χ2n) is 3.57. The second kappa shape index (κ2) is 8.07. The normalized spacial score (nSPS) is 10.2. The van der Waals surface area contributed by atoms with E-state index in [0.717, 1.165) is 15.9 Å². The maximum absolute atomic E-state index is 11.6. The highest BCUT2D eigenvalue weighted by atomic mass is 79.9. The van der Waals surface area contributed by atoms with Gasteiger partial charge in [0.2, 0.25) is 5.91 Å². The summed E-state index contributed by atoms with van der Waals surface area (Å²) in [5.74, 6) is 0.634.